The van der Waals surface area contributed by atoms with Gasteiger partial charge in [0.1, 0.15) is 0 Å². The van der Waals surface area contributed by atoms with E-state index in [2.05, 4.69) is 34.2 Å². The van der Waals surface area contributed by atoms with Crippen LogP contribution in [0, 0.1) is 0 Å². The van der Waals surface area contributed by atoms with Gasteiger partial charge in [-0.1, -0.05) is 24.3 Å². The fourth-order valence-corrected chi connectivity index (χ4v) is 2.72. The fourth-order valence-electron chi connectivity index (χ4n) is 2.72. The van der Waals surface area contributed by atoms with E-state index in [0.29, 0.717) is 6.54 Å². The minimum absolute atomic E-state index is 0.415. The summed E-state index contributed by atoms with van der Waals surface area (Å²) in [5.41, 5.74) is 11.7. The fraction of sp³-hybridized carbons (Fsp3) is 0.0500. The first kappa shape index (κ1) is 14.5. The van der Waals surface area contributed by atoms with E-state index in [0.717, 1.165) is 39.0 Å². The van der Waals surface area contributed by atoms with Crippen LogP contribution in [0.3, 0.4) is 0 Å². The first-order valence-corrected chi connectivity index (χ1v) is 7.80. The zero-order valence-electron chi connectivity index (χ0n) is 13.1. The minimum atomic E-state index is 0.415. The Balaban J connectivity index is 1.79. The molecule has 0 amide bonds. The molecule has 4 heteroatoms. The maximum absolute atomic E-state index is 5.68. The molecule has 0 aliphatic heterocycles. The van der Waals surface area contributed by atoms with Gasteiger partial charge >= 0.3 is 0 Å². The number of hydrogen-bond donors (Lipinski definition) is 1. The van der Waals surface area contributed by atoms with Crippen molar-refractivity contribution in [2.24, 2.45) is 5.73 Å². The molecule has 3 aromatic heterocycles. The van der Waals surface area contributed by atoms with Gasteiger partial charge in [0.05, 0.1) is 16.9 Å². The van der Waals surface area contributed by atoms with Crippen LogP contribution in [0.15, 0.2) is 73.2 Å². The first-order valence-electron chi connectivity index (χ1n) is 7.80. The Kier molecular flexibility index (Phi) is 3.73. The summed E-state index contributed by atoms with van der Waals surface area (Å²) in [5, 5.41) is 1.01. The predicted octanol–water partition coefficient (Wildman–Crippen LogP) is 3.82. The van der Waals surface area contributed by atoms with Crippen LogP contribution in [0.25, 0.3) is 33.3 Å². The number of hydrogen-bond acceptors (Lipinski definition) is 4. The lowest BCUT2D eigenvalue weighted by Crippen LogP contribution is -1.99. The Morgan fingerprint density at radius 2 is 1.71 bits per heavy atom. The topological polar surface area (TPSA) is 64.7 Å². The molecule has 0 aliphatic rings. The summed E-state index contributed by atoms with van der Waals surface area (Å²) in [6, 6.07) is 18.3. The van der Waals surface area contributed by atoms with Gasteiger partial charge in [-0.15, -0.1) is 0 Å². The summed E-state index contributed by atoms with van der Waals surface area (Å²) in [7, 11) is 0. The molecule has 0 aliphatic carbocycles. The summed E-state index contributed by atoms with van der Waals surface area (Å²) in [4.78, 5) is 13.3. The van der Waals surface area contributed by atoms with Crippen LogP contribution in [0.4, 0.5) is 0 Å². The molecule has 0 spiro atoms. The molecule has 0 unspecified atom stereocenters. The molecule has 116 valence electrons. The number of nitrogens with zero attached hydrogens (tertiary/aromatic N) is 3. The highest BCUT2D eigenvalue weighted by molar-refractivity contribution is 5.82. The van der Waals surface area contributed by atoms with Gasteiger partial charge in [-0.05, 0) is 35.9 Å². The number of pyridine rings is 3. The van der Waals surface area contributed by atoms with Crippen molar-refractivity contribution in [1.29, 1.82) is 0 Å². The summed E-state index contributed by atoms with van der Waals surface area (Å²) in [6.07, 6.45) is 5.47. The predicted molar refractivity (Wildman–Crippen MR) is 96.1 cm³/mol. The SMILES string of the molecule is NCc1cc2nc(-c3cccc(-c4cccnc4)c3)ccc2cn1. The highest BCUT2D eigenvalue weighted by Gasteiger charge is 2.05. The molecular formula is C20H16N4. The number of rotatable bonds is 3. The molecule has 2 N–H and O–H groups in total. The smallest absolute Gasteiger partial charge is 0.0743 e. The number of fused-ring (bicyclic) bond motifs is 1. The first-order chi connectivity index (χ1) is 11.8. The van der Waals surface area contributed by atoms with Crippen LogP contribution in [-0.2, 0) is 6.54 Å². The Labute approximate surface area is 140 Å². The largest absolute Gasteiger partial charge is 0.325 e. The van der Waals surface area contributed by atoms with E-state index in [-0.39, 0.29) is 0 Å². The average Bonchev–Trinajstić information content (AvgIpc) is 2.68. The van der Waals surface area contributed by atoms with Gasteiger partial charge < -0.3 is 5.73 Å². The van der Waals surface area contributed by atoms with Crippen molar-refractivity contribution in [3.05, 3.63) is 78.9 Å². The summed E-state index contributed by atoms with van der Waals surface area (Å²) >= 11 is 0. The van der Waals surface area contributed by atoms with Crippen molar-refractivity contribution in [2.75, 3.05) is 0 Å². The van der Waals surface area contributed by atoms with E-state index in [1.165, 1.54) is 0 Å². The zero-order chi connectivity index (χ0) is 16.4. The van der Waals surface area contributed by atoms with Gasteiger partial charge in [0.2, 0.25) is 0 Å². The van der Waals surface area contributed by atoms with Crippen LogP contribution >= 0.6 is 0 Å². The summed E-state index contributed by atoms with van der Waals surface area (Å²) < 4.78 is 0. The molecule has 0 bridgehead atoms. The van der Waals surface area contributed by atoms with Crippen molar-refractivity contribution in [3.63, 3.8) is 0 Å². The van der Waals surface area contributed by atoms with Crippen molar-refractivity contribution in [3.8, 4) is 22.4 Å². The Bertz CT molecular complexity index is 997. The lowest BCUT2D eigenvalue weighted by atomic mass is 10.0. The number of benzene rings is 1. The monoisotopic (exact) mass is 312 g/mol. The molecule has 24 heavy (non-hydrogen) atoms. The van der Waals surface area contributed by atoms with E-state index in [9.17, 15) is 0 Å². The zero-order valence-corrected chi connectivity index (χ0v) is 13.1. The molecule has 0 saturated heterocycles. The van der Waals surface area contributed by atoms with Crippen LogP contribution < -0.4 is 5.73 Å². The van der Waals surface area contributed by atoms with Crippen LogP contribution in [0.5, 0.6) is 0 Å². The Morgan fingerprint density at radius 1 is 0.833 bits per heavy atom. The highest BCUT2D eigenvalue weighted by Crippen LogP contribution is 2.26. The highest BCUT2D eigenvalue weighted by atomic mass is 14.8. The van der Waals surface area contributed by atoms with E-state index >= 15 is 0 Å². The third-order valence-corrected chi connectivity index (χ3v) is 3.99. The molecule has 4 rings (SSSR count). The van der Waals surface area contributed by atoms with Gasteiger partial charge in [-0.3, -0.25) is 9.97 Å². The molecule has 0 saturated carbocycles. The van der Waals surface area contributed by atoms with Crippen molar-refractivity contribution in [2.45, 2.75) is 6.54 Å². The van der Waals surface area contributed by atoms with E-state index < -0.39 is 0 Å². The molecule has 0 atom stereocenters. The van der Waals surface area contributed by atoms with Crippen molar-refractivity contribution < 1.29 is 0 Å². The van der Waals surface area contributed by atoms with Gasteiger partial charge in [-0.2, -0.15) is 0 Å². The van der Waals surface area contributed by atoms with Gasteiger partial charge in [0.25, 0.3) is 0 Å². The lowest BCUT2D eigenvalue weighted by molar-refractivity contribution is 0.996. The third-order valence-electron chi connectivity index (χ3n) is 3.99. The molecule has 3 heterocycles. The molecule has 0 radical (unpaired) electrons. The molecule has 0 fully saturated rings. The number of nitrogens with two attached hydrogens (primary N) is 1. The van der Waals surface area contributed by atoms with Gasteiger partial charge in [0, 0.05) is 41.6 Å². The second-order valence-electron chi connectivity index (χ2n) is 5.59. The maximum Gasteiger partial charge on any atom is 0.0743 e. The van der Waals surface area contributed by atoms with Crippen LogP contribution in [0.1, 0.15) is 5.69 Å². The molecule has 4 nitrogen and oxygen atoms in total. The average molecular weight is 312 g/mol. The summed E-state index contributed by atoms with van der Waals surface area (Å²) in [5.74, 6) is 0. The van der Waals surface area contributed by atoms with Crippen LogP contribution in [0.2, 0.25) is 0 Å². The van der Waals surface area contributed by atoms with Crippen molar-refractivity contribution >= 4 is 10.9 Å². The molecular weight excluding hydrogens is 296 g/mol. The van der Waals surface area contributed by atoms with Gasteiger partial charge in [0.15, 0.2) is 0 Å². The Hall–Kier alpha value is -3.11. The molecule has 4 aromatic rings. The number of aromatic nitrogens is 3. The second kappa shape index (κ2) is 6.18. The van der Waals surface area contributed by atoms with Gasteiger partial charge in [-0.25, -0.2) is 4.98 Å². The second-order valence-corrected chi connectivity index (χ2v) is 5.59. The van der Waals surface area contributed by atoms with Crippen molar-refractivity contribution in [1.82, 2.24) is 15.0 Å². The van der Waals surface area contributed by atoms with E-state index in [4.69, 9.17) is 10.7 Å². The minimum Gasteiger partial charge on any atom is -0.325 e. The lowest BCUT2D eigenvalue weighted by Gasteiger charge is -2.07. The van der Waals surface area contributed by atoms with E-state index in [1.54, 1.807) is 6.20 Å². The Morgan fingerprint density at radius 3 is 2.54 bits per heavy atom. The van der Waals surface area contributed by atoms with E-state index in [1.807, 2.05) is 42.7 Å². The molecule has 1 aromatic carbocycles. The quantitative estimate of drug-likeness (QED) is 0.624. The van der Waals surface area contributed by atoms with Crippen LogP contribution in [-0.4, -0.2) is 15.0 Å². The standard InChI is InChI=1S/C20H16N4/c21-11-18-10-20-17(13-23-18)6-7-19(24-20)15-4-1-3-14(9-15)16-5-2-8-22-12-16/h1-10,12-13H,11,21H2. The third kappa shape index (κ3) is 2.75. The normalized spacial score (nSPS) is 10.9. The summed E-state index contributed by atoms with van der Waals surface area (Å²) in [6.45, 7) is 0.415. The maximum atomic E-state index is 5.68.